The number of hydrogen-bond acceptors (Lipinski definition) is 6. The van der Waals surface area contributed by atoms with Gasteiger partial charge in [-0.05, 0) is 44.7 Å². The van der Waals surface area contributed by atoms with Crippen molar-refractivity contribution in [3.63, 3.8) is 0 Å². The molecule has 0 aliphatic heterocycles. The monoisotopic (exact) mass is 354 g/mol. The predicted molar refractivity (Wildman–Crippen MR) is 101 cm³/mol. The number of nitrogens with zero attached hydrogens (tertiary/aromatic N) is 4. The van der Waals surface area contributed by atoms with Crippen molar-refractivity contribution in [2.45, 2.75) is 19.9 Å². The van der Waals surface area contributed by atoms with Crippen LogP contribution in [-0.2, 0) is 13.0 Å². The van der Waals surface area contributed by atoms with Crippen LogP contribution >= 0.6 is 11.3 Å². The predicted octanol–water partition coefficient (Wildman–Crippen LogP) is 3.59. The summed E-state index contributed by atoms with van der Waals surface area (Å²) in [6.07, 6.45) is 4.83. The molecule has 1 aromatic carbocycles. The molecular formula is C19H22N4OS. The van der Waals surface area contributed by atoms with Gasteiger partial charge in [0, 0.05) is 41.5 Å². The summed E-state index contributed by atoms with van der Waals surface area (Å²) < 4.78 is 5.18. The van der Waals surface area contributed by atoms with Crippen molar-refractivity contribution >= 4 is 11.3 Å². The van der Waals surface area contributed by atoms with Crippen molar-refractivity contribution in [2.24, 2.45) is 0 Å². The minimum Gasteiger partial charge on any atom is -0.497 e. The number of rotatable bonds is 7. The lowest BCUT2D eigenvalue weighted by molar-refractivity contribution is 0.331. The van der Waals surface area contributed by atoms with Crippen molar-refractivity contribution in [1.82, 2.24) is 19.9 Å². The third-order valence-corrected chi connectivity index (χ3v) is 5.07. The molecule has 0 aliphatic rings. The molecule has 0 atom stereocenters. The summed E-state index contributed by atoms with van der Waals surface area (Å²) in [6.45, 7) is 3.89. The molecule has 0 N–H and O–H groups in total. The molecule has 0 bridgehead atoms. The summed E-state index contributed by atoms with van der Waals surface area (Å²) in [4.78, 5) is 16.9. The maximum Gasteiger partial charge on any atom is 0.159 e. The van der Waals surface area contributed by atoms with Gasteiger partial charge >= 0.3 is 0 Å². The third-order valence-electron chi connectivity index (χ3n) is 4.07. The molecule has 0 unspecified atom stereocenters. The summed E-state index contributed by atoms with van der Waals surface area (Å²) in [5, 5.41) is 0. The SMILES string of the molecule is COc1ccc(-c2ncc(CN(C)CCc3scnc3C)cn2)cc1. The minimum absolute atomic E-state index is 0.731. The van der Waals surface area contributed by atoms with E-state index in [0.717, 1.165) is 47.9 Å². The van der Waals surface area contributed by atoms with Gasteiger partial charge in [-0.3, -0.25) is 0 Å². The van der Waals surface area contributed by atoms with Gasteiger partial charge in [-0.25, -0.2) is 15.0 Å². The molecule has 0 aliphatic carbocycles. The number of likely N-dealkylation sites (N-methyl/N-ethyl adjacent to an activating group) is 1. The van der Waals surface area contributed by atoms with E-state index < -0.39 is 0 Å². The zero-order valence-electron chi connectivity index (χ0n) is 14.8. The second-order valence-electron chi connectivity index (χ2n) is 5.99. The van der Waals surface area contributed by atoms with Gasteiger partial charge in [0.05, 0.1) is 18.3 Å². The van der Waals surface area contributed by atoms with Crippen LogP contribution in [0, 0.1) is 6.92 Å². The topological polar surface area (TPSA) is 51.1 Å². The smallest absolute Gasteiger partial charge is 0.159 e. The average Bonchev–Trinajstić information content (AvgIpc) is 3.06. The fourth-order valence-corrected chi connectivity index (χ4v) is 3.35. The van der Waals surface area contributed by atoms with Gasteiger partial charge in [-0.15, -0.1) is 11.3 Å². The Morgan fingerprint density at radius 1 is 1.08 bits per heavy atom. The van der Waals surface area contributed by atoms with Gasteiger partial charge < -0.3 is 9.64 Å². The Hall–Kier alpha value is -2.31. The highest BCUT2D eigenvalue weighted by atomic mass is 32.1. The van der Waals surface area contributed by atoms with Gasteiger partial charge in [0.1, 0.15) is 5.75 Å². The van der Waals surface area contributed by atoms with E-state index in [-0.39, 0.29) is 0 Å². The summed E-state index contributed by atoms with van der Waals surface area (Å²) >= 11 is 1.73. The molecular weight excluding hydrogens is 332 g/mol. The van der Waals surface area contributed by atoms with Crippen molar-refractivity contribution < 1.29 is 4.74 Å². The zero-order chi connectivity index (χ0) is 17.6. The Morgan fingerprint density at radius 3 is 2.40 bits per heavy atom. The minimum atomic E-state index is 0.731. The number of aryl methyl sites for hydroxylation is 1. The fourth-order valence-electron chi connectivity index (χ4n) is 2.57. The molecule has 0 saturated carbocycles. The van der Waals surface area contributed by atoms with Crippen LogP contribution in [0.3, 0.4) is 0 Å². The molecule has 2 aromatic heterocycles. The Labute approximate surface area is 152 Å². The van der Waals surface area contributed by atoms with Crippen molar-refractivity contribution in [3.8, 4) is 17.1 Å². The van der Waals surface area contributed by atoms with Crippen LogP contribution in [0.15, 0.2) is 42.2 Å². The molecule has 3 aromatic rings. The Morgan fingerprint density at radius 2 is 1.80 bits per heavy atom. The molecule has 0 amide bonds. The first kappa shape index (κ1) is 17.5. The molecule has 0 fully saturated rings. The van der Waals surface area contributed by atoms with Crippen LogP contribution in [-0.4, -0.2) is 40.6 Å². The van der Waals surface area contributed by atoms with E-state index >= 15 is 0 Å². The summed E-state index contributed by atoms with van der Waals surface area (Å²) in [5.41, 5.74) is 5.16. The second kappa shape index (κ2) is 8.18. The zero-order valence-corrected chi connectivity index (χ0v) is 15.6. The molecule has 6 heteroatoms. The highest BCUT2D eigenvalue weighted by Crippen LogP contribution is 2.19. The van der Waals surface area contributed by atoms with Crippen molar-refractivity contribution in [3.05, 3.63) is 58.3 Å². The first-order valence-corrected chi connectivity index (χ1v) is 9.06. The van der Waals surface area contributed by atoms with Gasteiger partial charge in [0.25, 0.3) is 0 Å². The largest absolute Gasteiger partial charge is 0.497 e. The number of hydrogen-bond donors (Lipinski definition) is 0. The highest BCUT2D eigenvalue weighted by Gasteiger charge is 2.07. The molecule has 0 saturated heterocycles. The van der Waals surface area contributed by atoms with Crippen LogP contribution < -0.4 is 4.74 Å². The molecule has 130 valence electrons. The van der Waals surface area contributed by atoms with Gasteiger partial charge in [0.15, 0.2) is 5.82 Å². The van der Waals surface area contributed by atoms with Gasteiger partial charge in [0.2, 0.25) is 0 Å². The standard InChI is InChI=1S/C19H22N4OS/c1-14-18(25-13-22-14)8-9-23(2)12-15-10-20-19(21-11-15)16-4-6-17(24-3)7-5-16/h4-7,10-11,13H,8-9,12H2,1-3H3. The van der Waals surface area contributed by atoms with Crippen LogP contribution in [0.25, 0.3) is 11.4 Å². The van der Waals surface area contributed by atoms with E-state index in [9.17, 15) is 0 Å². The van der Waals surface area contributed by atoms with Crippen LogP contribution in [0.5, 0.6) is 5.75 Å². The lowest BCUT2D eigenvalue weighted by Crippen LogP contribution is -2.21. The van der Waals surface area contributed by atoms with Crippen molar-refractivity contribution in [1.29, 1.82) is 0 Å². The quantitative estimate of drug-likeness (QED) is 0.649. The van der Waals surface area contributed by atoms with Crippen LogP contribution in [0.2, 0.25) is 0 Å². The maximum absolute atomic E-state index is 5.18. The Bertz CT molecular complexity index is 799. The van der Waals surface area contributed by atoms with Gasteiger partial charge in [-0.2, -0.15) is 0 Å². The number of thiazole rings is 1. The molecule has 3 rings (SSSR count). The normalized spacial score (nSPS) is 11.0. The van der Waals surface area contributed by atoms with E-state index in [2.05, 4.69) is 33.8 Å². The maximum atomic E-state index is 5.18. The average molecular weight is 354 g/mol. The highest BCUT2D eigenvalue weighted by molar-refractivity contribution is 7.09. The fraction of sp³-hybridized carbons (Fsp3) is 0.316. The number of aromatic nitrogens is 3. The van der Waals surface area contributed by atoms with E-state index in [0.29, 0.717) is 0 Å². The van der Waals surface area contributed by atoms with E-state index in [1.54, 1.807) is 18.4 Å². The van der Waals surface area contributed by atoms with E-state index in [4.69, 9.17) is 4.74 Å². The van der Waals surface area contributed by atoms with Crippen LogP contribution in [0.1, 0.15) is 16.1 Å². The lowest BCUT2D eigenvalue weighted by atomic mass is 10.2. The first-order valence-electron chi connectivity index (χ1n) is 8.18. The molecule has 25 heavy (non-hydrogen) atoms. The molecule has 0 spiro atoms. The summed E-state index contributed by atoms with van der Waals surface area (Å²) in [6, 6.07) is 7.78. The van der Waals surface area contributed by atoms with E-state index in [1.807, 2.05) is 42.2 Å². The molecule has 2 heterocycles. The first-order chi connectivity index (χ1) is 12.2. The lowest BCUT2D eigenvalue weighted by Gasteiger charge is -2.16. The number of methoxy groups -OCH3 is 1. The third kappa shape index (κ3) is 4.61. The second-order valence-corrected chi connectivity index (χ2v) is 6.93. The van der Waals surface area contributed by atoms with Gasteiger partial charge in [-0.1, -0.05) is 0 Å². The summed E-state index contributed by atoms with van der Waals surface area (Å²) in [7, 11) is 3.78. The number of ether oxygens (including phenoxy) is 1. The molecule has 0 radical (unpaired) electrons. The van der Waals surface area contributed by atoms with Crippen molar-refractivity contribution in [2.75, 3.05) is 20.7 Å². The van der Waals surface area contributed by atoms with E-state index in [1.165, 1.54) is 4.88 Å². The molecule has 5 nitrogen and oxygen atoms in total. The number of benzene rings is 1. The Kier molecular flexibility index (Phi) is 5.73. The summed E-state index contributed by atoms with van der Waals surface area (Å²) in [5.74, 6) is 1.56. The Balaban J connectivity index is 1.57. The van der Waals surface area contributed by atoms with Crippen LogP contribution in [0.4, 0.5) is 0 Å².